The predicted octanol–water partition coefficient (Wildman–Crippen LogP) is -0.177. The number of hydrogen-bond donors (Lipinski definition) is 2. The lowest BCUT2D eigenvalue weighted by atomic mass is 10.2. The van der Waals surface area contributed by atoms with Gasteiger partial charge in [0.2, 0.25) is 0 Å². The topological polar surface area (TPSA) is 49.3 Å². The third-order valence-corrected chi connectivity index (χ3v) is 0.651. The lowest BCUT2D eigenvalue weighted by molar-refractivity contribution is -0.139. The van der Waals surface area contributed by atoms with Gasteiger partial charge in [-0.1, -0.05) is 0 Å². The molecule has 0 radical (unpaired) electrons. The van der Waals surface area contributed by atoms with Gasteiger partial charge in [-0.25, -0.2) is 0 Å². The molecule has 0 bridgehead atoms. The van der Waals surface area contributed by atoms with Crippen molar-refractivity contribution in [1.29, 1.82) is 0 Å². The SMILES string of the molecule is [2H]C1([2H])N[C@@]([2H])(C(=O)O)C([2H])([2H])C1([2H])[2H]. The molecule has 0 aromatic heterocycles. The summed E-state index contributed by atoms with van der Waals surface area (Å²) in [5.41, 5.74) is 0. The molecule has 0 aliphatic carbocycles. The molecule has 0 aromatic carbocycles. The number of rotatable bonds is 1. The van der Waals surface area contributed by atoms with E-state index in [0.29, 0.717) is 0 Å². The number of carboxylic acid groups (broad SMARTS) is 1. The van der Waals surface area contributed by atoms with Gasteiger partial charge >= 0.3 is 5.97 Å². The fourth-order valence-corrected chi connectivity index (χ4v) is 0.326. The Bertz CT molecular complexity index is 317. The molecule has 1 aliphatic rings. The Hall–Kier alpha value is -0.570. The van der Waals surface area contributed by atoms with Crippen LogP contribution in [0.5, 0.6) is 0 Å². The van der Waals surface area contributed by atoms with E-state index in [2.05, 4.69) is 0 Å². The van der Waals surface area contributed by atoms with Crippen LogP contribution in [0.1, 0.15) is 22.3 Å². The van der Waals surface area contributed by atoms with Gasteiger partial charge in [-0.3, -0.25) is 4.79 Å². The Morgan fingerprint density at radius 2 is 2.88 bits per heavy atom. The molecule has 1 aliphatic heterocycles. The van der Waals surface area contributed by atoms with Crippen molar-refractivity contribution in [1.82, 2.24) is 5.32 Å². The van der Waals surface area contributed by atoms with Gasteiger partial charge < -0.3 is 10.4 Å². The Kier molecular flexibility index (Phi) is 0.393. The monoisotopic (exact) mass is 122 g/mol. The third-order valence-electron chi connectivity index (χ3n) is 0.651. The van der Waals surface area contributed by atoms with E-state index < -0.39 is 31.2 Å². The minimum atomic E-state index is -3.19. The standard InChI is InChI=1S/C5H9NO2/c7-5(8)4-2-1-3-6-4/h4,6H,1-3H2,(H,7,8)/t4-/m1/s1/i1D2,2D2,3D2,4D. The molecule has 0 spiro atoms. The Labute approximate surface area is 57.5 Å². The van der Waals surface area contributed by atoms with Gasteiger partial charge in [-0.2, -0.15) is 0 Å². The van der Waals surface area contributed by atoms with E-state index in [1.807, 2.05) is 0 Å². The third kappa shape index (κ3) is 0.980. The zero-order chi connectivity index (χ0) is 12.3. The summed E-state index contributed by atoms with van der Waals surface area (Å²) in [6.07, 6.45) is -6.30. The van der Waals surface area contributed by atoms with Crippen LogP contribution in [-0.2, 0) is 4.79 Å². The van der Waals surface area contributed by atoms with Crippen molar-refractivity contribution >= 4 is 5.97 Å². The van der Waals surface area contributed by atoms with Gasteiger partial charge in [0.05, 0.1) is 1.37 Å². The van der Waals surface area contributed by atoms with Crippen molar-refractivity contribution in [2.24, 2.45) is 0 Å². The minimum absolute atomic E-state index is 1.54. The molecule has 46 valence electrons. The second kappa shape index (κ2) is 2.13. The Morgan fingerprint density at radius 3 is 3.12 bits per heavy atom. The summed E-state index contributed by atoms with van der Waals surface area (Å²) in [6, 6.07) is -3.04. The van der Waals surface area contributed by atoms with E-state index in [0.717, 1.165) is 0 Å². The maximum Gasteiger partial charge on any atom is 0.320 e. The van der Waals surface area contributed by atoms with Gasteiger partial charge in [0.25, 0.3) is 0 Å². The Balaban J connectivity index is 3.38. The summed E-state index contributed by atoms with van der Waals surface area (Å²) in [5, 5.41) is 10.2. The lowest BCUT2D eigenvalue weighted by Crippen LogP contribution is -2.29. The molecule has 0 saturated carbocycles. The molecule has 3 nitrogen and oxygen atoms in total. The fourth-order valence-electron chi connectivity index (χ4n) is 0.326. The van der Waals surface area contributed by atoms with Crippen LogP contribution in [-0.4, -0.2) is 23.6 Å². The normalized spacial score (nSPS) is 69.2. The molecule has 8 heavy (non-hydrogen) atoms. The molecule has 1 heterocycles. The molecule has 2 N–H and O–H groups in total. The van der Waals surface area contributed by atoms with Crippen molar-refractivity contribution in [3.63, 3.8) is 0 Å². The lowest BCUT2D eigenvalue weighted by Gasteiger charge is -1.99. The largest absolute Gasteiger partial charge is 0.480 e. The number of carbonyl (C=O) groups is 1. The minimum Gasteiger partial charge on any atom is -0.480 e. The summed E-state index contributed by atoms with van der Waals surface area (Å²) in [7, 11) is 0. The van der Waals surface area contributed by atoms with Crippen molar-refractivity contribution in [3.05, 3.63) is 0 Å². The van der Waals surface area contributed by atoms with E-state index in [1.54, 1.807) is 0 Å². The predicted molar refractivity (Wildman–Crippen MR) is 28.7 cm³/mol. The fraction of sp³-hybridized carbons (Fsp3) is 0.800. The Morgan fingerprint density at radius 1 is 2.12 bits per heavy atom. The maximum absolute atomic E-state index is 10.7. The quantitative estimate of drug-likeness (QED) is 0.507. The van der Waals surface area contributed by atoms with Gasteiger partial charge in [0, 0.05) is 8.22 Å². The first-order chi connectivity index (χ1) is 6.40. The van der Waals surface area contributed by atoms with Crippen LogP contribution in [0.2, 0.25) is 0 Å². The molecule has 1 fully saturated rings. The van der Waals surface area contributed by atoms with Gasteiger partial charge in [-0.15, -0.1) is 0 Å². The number of hydrogen-bond acceptors (Lipinski definition) is 2. The summed E-state index contributed by atoms with van der Waals surface area (Å²) in [6.45, 7) is -2.92. The van der Waals surface area contributed by atoms with Crippen molar-refractivity contribution in [3.8, 4) is 0 Å². The number of carboxylic acids is 1. The van der Waals surface area contributed by atoms with Crippen LogP contribution in [0, 0.1) is 0 Å². The summed E-state index contributed by atoms with van der Waals surface area (Å²) in [5.74, 6) is -1.96. The molecule has 1 atom stereocenters. The first-order valence-electron chi connectivity index (χ1n) is 5.43. The second-order valence-electron chi connectivity index (χ2n) is 1.18. The van der Waals surface area contributed by atoms with E-state index in [-0.39, 0.29) is 0 Å². The zero-order valence-corrected chi connectivity index (χ0v) is 3.86. The van der Waals surface area contributed by atoms with Crippen LogP contribution in [0.3, 0.4) is 0 Å². The van der Waals surface area contributed by atoms with Crippen LogP contribution < -0.4 is 5.32 Å². The van der Waals surface area contributed by atoms with Crippen molar-refractivity contribution in [2.45, 2.75) is 18.8 Å². The van der Waals surface area contributed by atoms with Crippen LogP contribution in [0.25, 0.3) is 0 Å². The molecule has 0 unspecified atom stereocenters. The van der Waals surface area contributed by atoms with Gasteiger partial charge in [-0.05, 0) is 19.2 Å². The zero-order valence-electron chi connectivity index (χ0n) is 10.9. The summed E-state index contributed by atoms with van der Waals surface area (Å²) < 4.78 is 50.5. The average molecular weight is 122 g/mol. The van der Waals surface area contributed by atoms with E-state index >= 15 is 0 Å². The highest BCUT2D eigenvalue weighted by atomic mass is 16.4. The highest BCUT2D eigenvalue weighted by molar-refractivity contribution is 5.73. The number of nitrogens with one attached hydrogen (secondary N) is 1. The second-order valence-corrected chi connectivity index (χ2v) is 1.18. The summed E-state index contributed by atoms with van der Waals surface area (Å²) in [4.78, 5) is 10.7. The molecule has 0 amide bonds. The van der Waals surface area contributed by atoms with E-state index in [1.165, 1.54) is 5.32 Å². The van der Waals surface area contributed by atoms with Crippen molar-refractivity contribution in [2.75, 3.05) is 6.50 Å². The number of aliphatic carboxylic acids is 1. The molecule has 1 saturated heterocycles. The first-order valence-corrected chi connectivity index (χ1v) is 1.93. The molecular formula is C5H9NO2. The van der Waals surface area contributed by atoms with Gasteiger partial charge in [0.15, 0.2) is 0 Å². The maximum atomic E-state index is 10.7. The average Bonchev–Trinajstić information content (AvgIpc) is 2.09. The summed E-state index contributed by atoms with van der Waals surface area (Å²) >= 11 is 0. The van der Waals surface area contributed by atoms with E-state index in [9.17, 15) is 4.79 Å². The van der Waals surface area contributed by atoms with Crippen LogP contribution in [0.15, 0.2) is 0 Å². The highest BCUT2D eigenvalue weighted by Gasteiger charge is 2.20. The molecule has 3 heteroatoms. The molecule has 0 aromatic rings. The molecule has 1 rings (SSSR count). The first kappa shape index (κ1) is 1.48. The highest BCUT2D eigenvalue weighted by Crippen LogP contribution is 2.03. The van der Waals surface area contributed by atoms with Gasteiger partial charge in [0.1, 0.15) is 6.02 Å². The van der Waals surface area contributed by atoms with Crippen LogP contribution >= 0.6 is 0 Å². The van der Waals surface area contributed by atoms with Crippen LogP contribution in [0.4, 0.5) is 0 Å². The smallest absolute Gasteiger partial charge is 0.320 e. The van der Waals surface area contributed by atoms with Crippen molar-refractivity contribution < 1.29 is 19.5 Å². The molecular weight excluding hydrogens is 106 g/mol. The van der Waals surface area contributed by atoms with E-state index in [4.69, 9.17) is 14.7 Å².